The topological polar surface area (TPSA) is 54.3 Å². The Balaban J connectivity index is 2.65. The van der Waals surface area contributed by atoms with Gasteiger partial charge >= 0.3 is 0 Å². The monoisotopic (exact) mass is 246 g/mol. The van der Waals surface area contributed by atoms with Crippen LogP contribution in [0.5, 0.6) is 5.75 Å². The van der Waals surface area contributed by atoms with E-state index in [0.717, 1.165) is 11.4 Å². The third-order valence-corrected chi connectivity index (χ3v) is 2.43. The van der Waals surface area contributed by atoms with Crippen LogP contribution in [0, 0.1) is 11.3 Å². The van der Waals surface area contributed by atoms with Crippen LogP contribution in [0.25, 0.3) is 0 Å². The SMILES string of the molecule is C=CCOC(C)CNc1cc(OC)ccc1C#N. The van der Waals surface area contributed by atoms with Crippen LogP contribution in [0.15, 0.2) is 30.9 Å². The van der Waals surface area contributed by atoms with E-state index in [1.54, 1.807) is 31.4 Å². The van der Waals surface area contributed by atoms with Crippen molar-refractivity contribution in [2.75, 3.05) is 25.6 Å². The number of nitrogens with zero attached hydrogens (tertiary/aromatic N) is 1. The van der Waals surface area contributed by atoms with Crippen molar-refractivity contribution < 1.29 is 9.47 Å². The van der Waals surface area contributed by atoms with Crippen molar-refractivity contribution in [1.82, 2.24) is 0 Å². The van der Waals surface area contributed by atoms with E-state index in [-0.39, 0.29) is 6.10 Å². The predicted molar refractivity (Wildman–Crippen MR) is 71.8 cm³/mol. The fourth-order valence-corrected chi connectivity index (χ4v) is 1.44. The first kappa shape index (κ1) is 14.1. The van der Waals surface area contributed by atoms with Crippen LogP contribution in [0.1, 0.15) is 12.5 Å². The Labute approximate surface area is 108 Å². The van der Waals surface area contributed by atoms with Crippen LogP contribution in [0.4, 0.5) is 5.69 Å². The molecule has 1 rings (SSSR count). The molecule has 0 saturated heterocycles. The zero-order chi connectivity index (χ0) is 13.4. The average molecular weight is 246 g/mol. The Bertz CT molecular complexity index is 438. The summed E-state index contributed by atoms with van der Waals surface area (Å²) in [6.45, 7) is 6.70. The van der Waals surface area contributed by atoms with Gasteiger partial charge in [-0.25, -0.2) is 0 Å². The van der Waals surface area contributed by atoms with Gasteiger partial charge in [-0.05, 0) is 19.1 Å². The average Bonchev–Trinajstić information content (AvgIpc) is 2.42. The first-order valence-corrected chi connectivity index (χ1v) is 5.75. The van der Waals surface area contributed by atoms with E-state index in [1.165, 1.54) is 0 Å². The molecule has 4 nitrogen and oxygen atoms in total. The van der Waals surface area contributed by atoms with Crippen molar-refractivity contribution in [3.05, 3.63) is 36.4 Å². The molecule has 96 valence electrons. The number of methoxy groups -OCH3 is 1. The molecule has 0 radical (unpaired) electrons. The molecule has 1 unspecified atom stereocenters. The number of benzene rings is 1. The molecule has 1 aromatic rings. The molecule has 0 spiro atoms. The summed E-state index contributed by atoms with van der Waals surface area (Å²) in [4.78, 5) is 0. The van der Waals surface area contributed by atoms with Gasteiger partial charge in [-0.15, -0.1) is 6.58 Å². The quantitative estimate of drug-likeness (QED) is 0.751. The van der Waals surface area contributed by atoms with Crippen LogP contribution >= 0.6 is 0 Å². The van der Waals surface area contributed by atoms with Gasteiger partial charge in [0.1, 0.15) is 11.8 Å². The van der Waals surface area contributed by atoms with E-state index in [0.29, 0.717) is 18.7 Å². The maximum absolute atomic E-state index is 9.01. The highest BCUT2D eigenvalue weighted by Gasteiger charge is 2.06. The van der Waals surface area contributed by atoms with E-state index in [2.05, 4.69) is 18.0 Å². The molecule has 4 heteroatoms. The maximum Gasteiger partial charge on any atom is 0.121 e. The van der Waals surface area contributed by atoms with E-state index in [4.69, 9.17) is 14.7 Å². The predicted octanol–water partition coefficient (Wildman–Crippen LogP) is 2.57. The van der Waals surface area contributed by atoms with Crippen LogP contribution in [-0.4, -0.2) is 26.4 Å². The Hall–Kier alpha value is -1.99. The highest BCUT2D eigenvalue weighted by molar-refractivity contribution is 5.60. The number of nitriles is 1. The minimum atomic E-state index is 0.0424. The molecule has 0 aliphatic heterocycles. The first-order chi connectivity index (χ1) is 8.71. The molecule has 0 aliphatic carbocycles. The van der Waals surface area contributed by atoms with Crippen LogP contribution in [-0.2, 0) is 4.74 Å². The summed E-state index contributed by atoms with van der Waals surface area (Å²) in [6.07, 6.45) is 1.75. The van der Waals surface area contributed by atoms with E-state index >= 15 is 0 Å². The number of hydrogen-bond acceptors (Lipinski definition) is 4. The molecule has 0 amide bonds. The van der Waals surface area contributed by atoms with Gasteiger partial charge in [0.25, 0.3) is 0 Å². The maximum atomic E-state index is 9.01. The van der Waals surface area contributed by atoms with E-state index in [9.17, 15) is 0 Å². The van der Waals surface area contributed by atoms with Gasteiger partial charge in [-0.2, -0.15) is 5.26 Å². The highest BCUT2D eigenvalue weighted by Crippen LogP contribution is 2.21. The third-order valence-electron chi connectivity index (χ3n) is 2.43. The summed E-state index contributed by atoms with van der Waals surface area (Å²) < 4.78 is 10.6. The Kier molecular flexibility index (Phi) is 5.75. The lowest BCUT2D eigenvalue weighted by Gasteiger charge is -2.15. The van der Waals surface area contributed by atoms with Gasteiger partial charge in [0.2, 0.25) is 0 Å². The van der Waals surface area contributed by atoms with E-state index < -0.39 is 0 Å². The summed E-state index contributed by atoms with van der Waals surface area (Å²) in [5, 5.41) is 12.2. The lowest BCUT2D eigenvalue weighted by atomic mass is 10.2. The molecule has 18 heavy (non-hydrogen) atoms. The second kappa shape index (κ2) is 7.36. The van der Waals surface area contributed by atoms with Crippen molar-refractivity contribution in [1.29, 1.82) is 5.26 Å². The van der Waals surface area contributed by atoms with Gasteiger partial charge in [0.15, 0.2) is 0 Å². The second-order valence-corrected chi connectivity index (χ2v) is 3.84. The normalized spacial score (nSPS) is 11.4. The van der Waals surface area contributed by atoms with Crippen LogP contribution < -0.4 is 10.1 Å². The van der Waals surface area contributed by atoms with Crippen LogP contribution in [0.2, 0.25) is 0 Å². The van der Waals surface area contributed by atoms with Gasteiger partial charge < -0.3 is 14.8 Å². The lowest BCUT2D eigenvalue weighted by Crippen LogP contribution is -2.20. The molecular weight excluding hydrogens is 228 g/mol. The standard InChI is InChI=1S/C14H18N2O2/c1-4-7-18-11(2)10-16-14-8-13(17-3)6-5-12(14)9-15/h4-6,8,11,16H,1,7,10H2,2-3H3. The van der Waals surface area contributed by atoms with Crippen molar-refractivity contribution in [2.45, 2.75) is 13.0 Å². The molecule has 0 bridgehead atoms. The molecule has 1 aromatic carbocycles. The molecule has 1 N–H and O–H groups in total. The highest BCUT2D eigenvalue weighted by atomic mass is 16.5. The minimum absolute atomic E-state index is 0.0424. The Morgan fingerprint density at radius 1 is 1.56 bits per heavy atom. The zero-order valence-electron chi connectivity index (χ0n) is 10.8. The van der Waals surface area contributed by atoms with Gasteiger partial charge in [0, 0.05) is 12.6 Å². The largest absolute Gasteiger partial charge is 0.497 e. The molecule has 0 fully saturated rings. The Morgan fingerprint density at radius 3 is 2.94 bits per heavy atom. The summed E-state index contributed by atoms with van der Waals surface area (Å²) in [5.41, 5.74) is 1.35. The summed E-state index contributed by atoms with van der Waals surface area (Å²) in [5.74, 6) is 0.719. The number of anilines is 1. The van der Waals surface area contributed by atoms with Crippen molar-refractivity contribution in [2.24, 2.45) is 0 Å². The van der Waals surface area contributed by atoms with Crippen molar-refractivity contribution in [3.8, 4) is 11.8 Å². The number of hydrogen-bond donors (Lipinski definition) is 1. The molecule has 0 heterocycles. The minimum Gasteiger partial charge on any atom is -0.497 e. The molecule has 1 atom stereocenters. The molecular formula is C14H18N2O2. The van der Waals surface area contributed by atoms with Gasteiger partial charge in [0.05, 0.1) is 31.1 Å². The number of ether oxygens (including phenoxy) is 2. The molecule has 0 aliphatic rings. The smallest absolute Gasteiger partial charge is 0.121 e. The van der Waals surface area contributed by atoms with Crippen molar-refractivity contribution in [3.63, 3.8) is 0 Å². The summed E-state index contributed by atoms with van der Waals surface area (Å²) in [7, 11) is 1.60. The van der Waals surface area contributed by atoms with Gasteiger partial charge in [-0.3, -0.25) is 0 Å². The van der Waals surface area contributed by atoms with Crippen molar-refractivity contribution >= 4 is 5.69 Å². The first-order valence-electron chi connectivity index (χ1n) is 5.75. The van der Waals surface area contributed by atoms with Gasteiger partial charge in [-0.1, -0.05) is 6.08 Å². The fourth-order valence-electron chi connectivity index (χ4n) is 1.44. The Morgan fingerprint density at radius 2 is 2.33 bits per heavy atom. The number of nitrogens with one attached hydrogen (secondary N) is 1. The molecule has 0 aromatic heterocycles. The summed E-state index contributed by atoms with van der Waals surface area (Å²) >= 11 is 0. The van der Waals surface area contributed by atoms with Crippen LogP contribution in [0.3, 0.4) is 0 Å². The summed E-state index contributed by atoms with van der Waals surface area (Å²) in [6, 6.07) is 7.44. The number of rotatable bonds is 7. The third kappa shape index (κ3) is 4.11. The van der Waals surface area contributed by atoms with E-state index in [1.807, 2.05) is 6.92 Å². The zero-order valence-corrected chi connectivity index (χ0v) is 10.8. The lowest BCUT2D eigenvalue weighted by molar-refractivity contribution is 0.0980. The molecule has 0 saturated carbocycles. The second-order valence-electron chi connectivity index (χ2n) is 3.84. The fraction of sp³-hybridized carbons (Fsp3) is 0.357.